The number of aromatic amines is 1. The Labute approximate surface area is 296 Å². The Morgan fingerprint density at radius 2 is 1.68 bits per heavy atom. The van der Waals surface area contributed by atoms with Gasteiger partial charge in [-0.1, -0.05) is 63.2 Å². The number of aromatic nitrogens is 5. The van der Waals surface area contributed by atoms with Gasteiger partial charge in [0.1, 0.15) is 5.60 Å². The van der Waals surface area contributed by atoms with Crippen molar-refractivity contribution < 1.29 is 18.8 Å². The fraction of sp³-hybridized carbons (Fsp3) is 0.474. The maximum atomic E-state index is 14.0. The van der Waals surface area contributed by atoms with E-state index in [4.69, 9.17) is 9.16 Å². The van der Waals surface area contributed by atoms with Gasteiger partial charge in [0.15, 0.2) is 8.32 Å². The molecule has 50 heavy (non-hydrogen) atoms. The monoisotopic (exact) mass is 697 g/mol. The van der Waals surface area contributed by atoms with Gasteiger partial charge in [-0.15, -0.1) is 10.2 Å². The minimum atomic E-state index is -2.22. The summed E-state index contributed by atoms with van der Waals surface area (Å²) < 4.78 is 13.2. The summed E-state index contributed by atoms with van der Waals surface area (Å²) in [6, 6.07) is 19.6. The van der Waals surface area contributed by atoms with Gasteiger partial charge in [0.2, 0.25) is 5.82 Å². The van der Waals surface area contributed by atoms with Crippen LogP contribution in [0.25, 0.3) is 11.4 Å². The van der Waals surface area contributed by atoms with Crippen LogP contribution in [0.4, 0.5) is 4.79 Å². The van der Waals surface area contributed by atoms with Crippen LogP contribution < -0.4 is 0 Å². The number of benzene rings is 2. The molecular formula is C38H51N7O4Si. The summed E-state index contributed by atoms with van der Waals surface area (Å²) in [4.78, 5) is 35.3. The number of rotatable bonds is 10. The van der Waals surface area contributed by atoms with Crippen molar-refractivity contribution in [3.63, 3.8) is 0 Å². The summed E-state index contributed by atoms with van der Waals surface area (Å²) in [7, 11) is -0.453. The number of carbonyl (C=O) groups excluding carboxylic acids is 2. The number of likely N-dealkylation sites (tertiary alicyclic amines) is 1. The van der Waals surface area contributed by atoms with Gasteiger partial charge >= 0.3 is 6.09 Å². The Morgan fingerprint density at radius 1 is 0.980 bits per heavy atom. The third-order valence-corrected chi connectivity index (χ3v) is 14.1. The summed E-state index contributed by atoms with van der Waals surface area (Å²) in [5, 5.41) is 14.1. The van der Waals surface area contributed by atoms with Crippen molar-refractivity contribution in [2.24, 2.45) is 0 Å². The molecular weight excluding hydrogens is 647 g/mol. The molecule has 1 N–H and O–H groups in total. The fourth-order valence-electron chi connectivity index (χ4n) is 6.12. The van der Waals surface area contributed by atoms with Crippen LogP contribution >= 0.6 is 0 Å². The van der Waals surface area contributed by atoms with E-state index in [0.29, 0.717) is 24.4 Å². The lowest BCUT2D eigenvalue weighted by molar-refractivity contribution is -0.00239. The molecule has 3 heterocycles. The quantitative estimate of drug-likeness (QED) is 0.168. The minimum Gasteiger partial charge on any atom is -0.444 e. The third kappa shape index (κ3) is 8.83. The summed E-state index contributed by atoms with van der Waals surface area (Å²) in [6.45, 7) is 17.3. The third-order valence-electron chi connectivity index (χ3n) is 9.69. The van der Waals surface area contributed by atoms with Crippen LogP contribution in [-0.4, -0.2) is 80.5 Å². The first kappa shape index (κ1) is 36.8. The maximum absolute atomic E-state index is 14.0. The number of hydrogen-bond acceptors (Lipinski definition) is 8. The van der Waals surface area contributed by atoms with Gasteiger partial charge in [-0.2, -0.15) is 5.21 Å². The van der Waals surface area contributed by atoms with Crippen LogP contribution in [0.3, 0.4) is 0 Å². The zero-order valence-electron chi connectivity index (χ0n) is 30.8. The molecule has 266 valence electrons. The zero-order chi connectivity index (χ0) is 36.3. The van der Waals surface area contributed by atoms with E-state index in [9.17, 15) is 9.59 Å². The molecule has 2 amide bonds. The van der Waals surface area contributed by atoms with E-state index in [0.717, 1.165) is 35.1 Å². The topological polar surface area (TPSA) is 126 Å². The van der Waals surface area contributed by atoms with E-state index >= 15 is 0 Å². The number of carbonyl (C=O) groups is 2. The minimum absolute atomic E-state index is 0.00177. The maximum Gasteiger partial charge on any atom is 0.410 e. The average Bonchev–Trinajstić information content (AvgIpc) is 3.74. The van der Waals surface area contributed by atoms with Gasteiger partial charge in [-0.05, 0) is 98.3 Å². The van der Waals surface area contributed by atoms with Gasteiger partial charge < -0.3 is 14.1 Å². The Kier molecular flexibility index (Phi) is 10.9. The molecule has 0 unspecified atom stereocenters. The van der Waals surface area contributed by atoms with Crippen LogP contribution in [-0.2, 0) is 22.1 Å². The molecule has 1 aliphatic heterocycles. The van der Waals surface area contributed by atoms with Crippen molar-refractivity contribution in [1.29, 1.82) is 0 Å². The number of amides is 2. The summed E-state index contributed by atoms with van der Waals surface area (Å²) in [6.07, 6.45) is 5.02. The van der Waals surface area contributed by atoms with E-state index in [1.807, 2.05) is 74.2 Å². The first-order chi connectivity index (χ1) is 23.5. The molecule has 1 saturated heterocycles. The number of tetrazole rings is 1. The van der Waals surface area contributed by atoms with Gasteiger partial charge in [-0.3, -0.25) is 14.7 Å². The highest BCUT2D eigenvalue weighted by Crippen LogP contribution is 2.44. The van der Waals surface area contributed by atoms with Crippen molar-refractivity contribution in [3.8, 4) is 11.4 Å². The normalized spacial score (nSPS) is 17.4. The highest BCUT2D eigenvalue weighted by Gasteiger charge is 2.47. The highest BCUT2D eigenvalue weighted by atomic mass is 28.4. The molecule has 2 aromatic heterocycles. The van der Waals surface area contributed by atoms with Gasteiger partial charge in [0.05, 0.1) is 12.1 Å². The molecule has 0 saturated carbocycles. The van der Waals surface area contributed by atoms with Gasteiger partial charge in [0, 0.05) is 43.2 Å². The van der Waals surface area contributed by atoms with E-state index < -0.39 is 13.9 Å². The van der Waals surface area contributed by atoms with Crippen LogP contribution in [0.15, 0.2) is 73.1 Å². The SMILES string of the molecule is CN(Cc1cncc(-c2nn[nH]n2)c1)C(=O)c1ccc(C[C@@H]2CC[C@H]([C@H](O[Si](C)(C)C(C)(C)C)c3ccccc3)N2C(=O)OC(C)(C)C)cc1. The van der Waals surface area contributed by atoms with Gasteiger partial charge in [0.25, 0.3) is 5.91 Å². The Hall–Kier alpha value is -4.42. The van der Waals surface area contributed by atoms with E-state index in [1.165, 1.54) is 0 Å². The Morgan fingerprint density at radius 3 is 2.30 bits per heavy atom. The van der Waals surface area contributed by atoms with Crippen LogP contribution in [0.1, 0.15) is 87.5 Å². The van der Waals surface area contributed by atoms with E-state index in [1.54, 1.807) is 24.3 Å². The molecule has 0 aliphatic carbocycles. The number of nitrogens with one attached hydrogen (secondary N) is 1. The van der Waals surface area contributed by atoms with Crippen LogP contribution in [0.5, 0.6) is 0 Å². The zero-order valence-corrected chi connectivity index (χ0v) is 31.8. The van der Waals surface area contributed by atoms with E-state index in [-0.39, 0.29) is 35.2 Å². The molecule has 5 rings (SSSR count). The second-order valence-electron chi connectivity index (χ2n) is 15.8. The van der Waals surface area contributed by atoms with Crippen molar-refractivity contribution >= 4 is 20.3 Å². The Balaban J connectivity index is 1.34. The predicted octanol–water partition coefficient (Wildman–Crippen LogP) is 7.61. The predicted molar refractivity (Wildman–Crippen MR) is 196 cm³/mol. The second-order valence-corrected chi connectivity index (χ2v) is 20.5. The van der Waals surface area contributed by atoms with Crippen molar-refractivity contribution in [2.75, 3.05) is 7.05 Å². The largest absolute Gasteiger partial charge is 0.444 e. The molecule has 0 bridgehead atoms. The molecule has 0 radical (unpaired) electrons. The van der Waals surface area contributed by atoms with Crippen LogP contribution in [0, 0.1) is 0 Å². The molecule has 4 aromatic rings. The molecule has 1 fully saturated rings. The molecule has 0 spiro atoms. The van der Waals surface area contributed by atoms with Crippen molar-refractivity contribution in [1.82, 2.24) is 35.4 Å². The number of pyridine rings is 1. The summed E-state index contributed by atoms with van der Waals surface area (Å²) in [5.41, 5.74) is 3.62. The first-order valence-electron chi connectivity index (χ1n) is 17.3. The van der Waals surface area contributed by atoms with Crippen LogP contribution in [0.2, 0.25) is 18.1 Å². The number of nitrogens with zero attached hydrogens (tertiary/aromatic N) is 6. The molecule has 1 aliphatic rings. The number of ether oxygens (including phenoxy) is 1. The molecule has 12 heteroatoms. The lowest BCUT2D eigenvalue weighted by Gasteiger charge is -2.43. The van der Waals surface area contributed by atoms with Gasteiger partial charge in [-0.25, -0.2) is 4.79 Å². The smallest absolute Gasteiger partial charge is 0.410 e. The highest BCUT2D eigenvalue weighted by molar-refractivity contribution is 6.74. The molecule has 11 nitrogen and oxygen atoms in total. The van der Waals surface area contributed by atoms with E-state index in [2.05, 4.69) is 71.6 Å². The second kappa shape index (κ2) is 14.8. The number of H-pyrrole nitrogens is 1. The molecule has 2 aromatic carbocycles. The average molecular weight is 698 g/mol. The van der Waals surface area contributed by atoms with Crippen molar-refractivity contribution in [2.45, 2.75) is 109 Å². The fourth-order valence-corrected chi connectivity index (χ4v) is 7.40. The lowest BCUT2D eigenvalue weighted by atomic mass is 10.0. The summed E-state index contributed by atoms with van der Waals surface area (Å²) >= 11 is 0. The lowest BCUT2D eigenvalue weighted by Crippen LogP contribution is -2.50. The molecule has 3 atom stereocenters. The number of hydrogen-bond donors (Lipinski definition) is 1. The summed E-state index contributed by atoms with van der Waals surface area (Å²) in [5.74, 6) is 0.341. The first-order valence-corrected chi connectivity index (χ1v) is 20.2. The standard InChI is InChI=1S/C38H51N7O4Si/c1-37(2,3)48-36(47)45-31(19-20-32(45)33(28-13-11-10-12-14-28)49-50(8,9)38(4,5)6)22-26-15-17-29(18-16-26)35(46)44(7)25-27-21-30(24-39-23-27)34-40-42-43-41-34/h10-18,21,23-24,31-33H,19-20,22,25H2,1-9H3,(H,40,41,42,43)/t31-,32+,33+/m0/s1. The van der Waals surface area contributed by atoms with Crippen molar-refractivity contribution in [3.05, 3.63) is 95.3 Å². The Bertz CT molecular complexity index is 1740.